The minimum atomic E-state index is -1.33. The molecule has 12 heteroatoms. The third kappa shape index (κ3) is 7.66. The Morgan fingerprint density at radius 3 is 2.59 bits per heavy atom. The maximum Gasteiger partial charge on any atom is 0.249 e. The number of aliphatic hydroxyl groups is 3. The molecule has 3 rings (SSSR count). The molecule has 0 saturated heterocycles. The summed E-state index contributed by atoms with van der Waals surface area (Å²) in [6.07, 6.45) is -1.03. The lowest BCUT2D eigenvalue weighted by Crippen LogP contribution is -2.55. The highest BCUT2D eigenvalue weighted by molar-refractivity contribution is 14.1. The summed E-state index contributed by atoms with van der Waals surface area (Å²) in [6, 6.07) is 8.27. The third-order valence-corrected chi connectivity index (χ3v) is 7.03. The van der Waals surface area contributed by atoms with Gasteiger partial charge in [0.05, 0.1) is 29.9 Å². The lowest BCUT2D eigenvalue weighted by Gasteiger charge is -2.40. The number of benzene rings is 2. The molecule has 39 heavy (non-hydrogen) atoms. The van der Waals surface area contributed by atoms with E-state index >= 15 is 0 Å². The Balaban J connectivity index is 2.04. The molecule has 2 aromatic rings. The van der Waals surface area contributed by atoms with Gasteiger partial charge < -0.3 is 39.7 Å². The first kappa shape index (κ1) is 30.8. The Morgan fingerprint density at radius 2 is 1.95 bits per heavy atom. The number of methoxy groups -OCH3 is 2. The molecular weight excluding hydrogens is 626 g/mol. The fraction of sp³-hybridized carbons (Fsp3) is 0.407. The van der Waals surface area contributed by atoms with Gasteiger partial charge in [0.2, 0.25) is 11.8 Å². The van der Waals surface area contributed by atoms with E-state index in [2.05, 4.69) is 5.32 Å². The fourth-order valence-electron chi connectivity index (χ4n) is 4.30. The second-order valence-electron chi connectivity index (χ2n) is 8.83. The topological polar surface area (TPSA) is 138 Å². The number of aliphatic hydroxyl groups excluding tert-OH is 3. The number of hydrogen-bond acceptors (Lipinski definition) is 8. The van der Waals surface area contributed by atoms with Crippen LogP contribution in [0.2, 0.25) is 0 Å². The number of carbonyl (C=O) groups is 2. The average Bonchev–Trinajstić information content (AvgIpc) is 2.93. The van der Waals surface area contributed by atoms with E-state index in [-0.39, 0.29) is 56.2 Å². The Morgan fingerprint density at radius 1 is 1.21 bits per heavy atom. The summed E-state index contributed by atoms with van der Waals surface area (Å²) in [7, 11) is 2.78. The van der Waals surface area contributed by atoms with Crippen LogP contribution >= 0.6 is 22.6 Å². The van der Waals surface area contributed by atoms with Gasteiger partial charge >= 0.3 is 0 Å². The summed E-state index contributed by atoms with van der Waals surface area (Å²) >= 11 is 2.01. The zero-order valence-corrected chi connectivity index (χ0v) is 23.8. The number of halogens is 2. The number of ether oxygens (including phenoxy) is 3. The lowest BCUT2D eigenvalue weighted by atomic mass is 9.87. The van der Waals surface area contributed by atoms with Crippen molar-refractivity contribution in [2.75, 3.05) is 34.0 Å². The molecule has 10 nitrogen and oxygen atoms in total. The standard InChI is InChI=1S/C27H32FIN2O8/c1-37-15-24(34)31(13-17-5-3-4-6-19(17)28)21-11-18(27(36)30-7-8-32)12-22(25(21)35)39-26-20(29)9-16(14-33)10-23(26)38-2/h3-6,9-10,12,21-22,25,32-33,35H,7-8,11,13-15H2,1-2H3,(H,30,36). The molecule has 0 aromatic heterocycles. The van der Waals surface area contributed by atoms with E-state index in [0.717, 1.165) is 0 Å². The average molecular weight is 658 g/mol. The first-order valence-corrected chi connectivity index (χ1v) is 13.2. The van der Waals surface area contributed by atoms with Crippen LogP contribution in [-0.4, -0.2) is 84.3 Å². The Hall–Kier alpha value is -2.78. The van der Waals surface area contributed by atoms with E-state index in [0.29, 0.717) is 14.9 Å². The number of rotatable bonds is 12. The highest BCUT2D eigenvalue weighted by Crippen LogP contribution is 2.37. The monoisotopic (exact) mass is 658 g/mol. The first-order chi connectivity index (χ1) is 18.7. The smallest absolute Gasteiger partial charge is 0.249 e. The number of hydrogen-bond donors (Lipinski definition) is 4. The van der Waals surface area contributed by atoms with E-state index < -0.39 is 35.9 Å². The Kier molecular flexibility index (Phi) is 11.5. The number of amides is 2. The zero-order valence-electron chi connectivity index (χ0n) is 21.6. The van der Waals surface area contributed by atoms with Crippen LogP contribution < -0.4 is 14.8 Å². The van der Waals surface area contributed by atoms with Crippen molar-refractivity contribution in [3.05, 3.63) is 68.6 Å². The molecule has 3 atom stereocenters. The molecule has 0 aliphatic heterocycles. The van der Waals surface area contributed by atoms with Gasteiger partial charge in [0.1, 0.15) is 24.6 Å². The van der Waals surface area contributed by atoms with E-state index in [1.54, 1.807) is 18.2 Å². The Bertz CT molecular complexity index is 1190. The van der Waals surface area contributed by atoms with Gasteiger partial charge in [0, 0.05) is 37.8 Å². The van der Waals surface area contributed by atoms with Crippen LogP contribution in [-0.2, 0) is 27.5 Å². The highest BCUT2D eigenvalue weighted by Gasteiger charge is 2.41. The van der Waals surface area contributed by atoms with Crippen LogP contribution in [0.25, 0.3) is 0 Å². The number of carbonyl (C=O) groups excluding carboxylic acids is 2. The van der Waals surface area contributed by atoms with Crippen molar-refractivity contribution in [3.8, 4) is 11.5 Å². The van der Waals surface area contributed by atoms with Crippen molar-refractivity contribution in [3.63, 3.8) is 0 Å². The van der Waals surface area contributed by atoms with Crippen molar-refractivity contribution < 1.29 is 43.5 Å². The quantitative estimate of drug-likeness (QED) is 0.252. The molecule has 3 unspecified atom stereocenters. The summed E-state index contributed by atoms with van der Waals surface area (Å²) in [5, 5.41) is 32.8. The molecule has 0 heterocycles. The van der Waals surface area contributed by atoms with E-state index in [9.17, 15) is 24.2 Å². The van der Waals surface area contributed by atoms with Gasteiger partial charge in [0.15, 0.2) is 11.5 Å². The van der Waals surface area contributed by atoms with Gasteiger partial charge in [-0.1, -0.05) is 18.2 Å². The predicted octanol–water partition coefficient (Wildman–Crippen LogP) is 1.52. The third-order valence-electron chi connectivity index (χ3n) is 6.23. The van der Waals surface area contributed by atoms with Crippen LogP contribution in [0.3, 0.4) is 0 Å². The van der Waals surface area contributed by atoms with Crippen molar-refractivity contribution in [2.24, 2.45) is 0 Å². The number of nitrogens with zero attached hydrogens (tertiary/aromatic N) is 1. The maximum absolute atomic E-state index is 14.6. The summed E-state index contributed by atoms with van der Waals surface area (Å²) in [4.78, 5) is 27.4. The molecule has 0 fully saturated rings. The molecule has 0 spiro atoms. The SMILES string of the molecule is COCC(=O)N(Cc1ccccc1F)C1CC(C(=O)NCCO)=CC(Oc2c(I)cc(CO)cc2OC)C1O. The molecule has 1 aliphatic rings. The van der Waals surface area contributed by atoms with Gasteiger partial charge in [-0.15, -0.1) is 0 Å². The van der Waals surface area contributed by atoms with Crippen molar-refractivity contribution >= 4 is 34.4 Å². The van der Waals surface area contributed by atoms with Crippen molar-refractivity contribution in [1.29, 1.82) is 0 Å². The maximum atomic E-state index is 14.6. The van der Waals surface area contributed by atoms with Crippen molar-refractivity contribution in [2.45, 2.75) is 37.8 Å². The summed E-state index contributed by atoms with van der Waals surface area (Å²) in [6.45, 7) is -0.995. The molecule has 0 radical (unpaired) electrons. The largest absolute Gasteiger partial charge is 0.493 e. The summed E-state index contributed by atoms with van der Waals surface area (Å²) in [5.41, 5.74) is 1.03. The van der Waals surface area contributed by atoms with Crippen LogP contribution in [0, 0.1) is 9.39 Å². The minimum Gasteiger partial charge on any atom is -0.493 e. The lowest BCUT2D eigenvalue weighted by molar-refractivity contribution is -0.143. The molecule has 1 aliphatic carbocycles. The molecule has 0 saturated carbocycles. The normalized spacial score (nSPS) is 18.7. The van der Waals surface area contributed by atoms with Gasteiger partial charge in [-0.3, -0.25) is 9.59 Å². The first-order valence-electron chi connectivity index (χ1n) is 12.2. The van der Waals surface area contributed by atoms with Gasteiger partial charge in [-0.25, -0.2) is 4.39 Å². The van der Waals surface area contributed by atoms with Gasteiger partial charge in [0.25, 0.3) is 0 Å². The summed E-state index contributed by atoms with van der Waals surface area (Å²) < 4.78 is 31.8. The van der Waals surface area contributed by atoms with Crippen LogP contribution in [0.1, 0.15) is 17.5 Å². The Labute approximate surface area is 239 Å². The molecule has 4 N–H and O–H groups in total. The second-order valence-corrected chi connectivity index (χ2v) is 9.99. The number of nitrogens with one attached hydrogen (secondary N) is 1. The van der Waals surface area contributed by atoms with Crippen LogP contribution in [0.4, 0.5) is 4.39 Å². The molecule has 0 bridgehead atoms. The van der Waals surface area contributed by atoms with E-state index in [1.165, 1.54) is 43.4 Å². The predicted molar refractivity (Wildman–Crippen MR) is 147 cm³/mol. The van der Waals surface area contributed by atoms with E-state index in [4.69, 9.17) is 19.3 Å². The molecule has 212 valence electrons. The molecule has 2 amide bonds. The molecule has 2 aromatic carbocycles. The van der Waals surface area contributed by atoms with Crippen molar-refractivity contribution in [1.82, 2.24) is 10.2 Å². The highest BCUT2D eigenvalue weighted by atomic mass is 127. The minimum absolute atomic E-state index is 0.00477. The summed E-state index contributed by atoms with van der Waals surface area (Å²) in [5.74, 6) is -0.962. The van der Waals surface area contributed by atoms with E-state index in [1.807, 2.05) is 22.6 Å². The second kappa shape index (κ2) is 14.6. The van der Waals surface area contributed by atoms with Crippen LogP contribution in [0.15, 0.2) is 48.0 Å². The fourth-order valence-corrected chi connectivity index (χ4v) is 5.09. The van der Waals surface area contributed by atoms with Gasteiger partial charge in [-0.05, 0) is 52.4 Å². The van der Waals surface area contributed by atoms with Crippen LogP contribution in [0.5, 0.6) is 11.5 Å². The van der Waals surface area contributed by atoms with Gasteiger partial charge in [-0.2, -0.15) is 0 Å². The zero-order chi connectivity index (χ0) is 28.5. The molecular formula is C27H32FIN2O8.